The number of hydrogen-bond acceptors (Lipinski definition) is 1. The molecule has 0 heterocycles. The zero-order valence-corrected chi connectivity index (χ0v) is 9.14. The van der Waals surface area contributed by atoms with E-state index in [-0.39, 0.29) is 0 Å². The highest BCUT2D eigenvalue weighted by atomic mass is 14.4. The molecule has 2 unspecified atom stereocenters. The molecule has 0 aromatic heterocycles. The highest BCUT2D eigenvalue weighted by Crippen LogP contribution is 2.30. The molecular formula is C11H25N. The van der Waals surface area contributed by atoms with Crippen molar-refractivity contribution in [1.82, 2.24) is 0 Å². The second-order valence-electron chi connectivity index (χ2n) is 4.36. The van der Waals surface area contributed by atoms with Crippen molar-refractivity contribution in [3.63, 3.8) is 0 Å². The van der Waals surface area contributed by atoms with Crippen LogP contribution in [-0.4, -0.2) is 7.05 Å². The van der Waals surface area contributed by atoms with E-state index in [1.54, 1.807) is 0 Å². The molecule has 74 valence electrons. The van der Waals surface area contributed by atoms with Gasteiger partial charge in [0.2, 0.25) is 0 Å². The fourth-order valence-electron chi connectivity index (χ4n) is 2.27. The minimum absolute atomic E-state index is 0.979. The third-order valence-corrected chi connectivity index (χ3v) is 2.76. The number of hydrogen-bond donors (Lipinski definition) is 1. The van der Waals surface area contributed by atoms with Gasteiger partial charge in [-0.3, -0.25) is 0 Å². The van der Waals surface area contributed by atoms with Gasteiger partial charge in [0.05, 0.1) is 0 Å². The van der Waals surface area contributed by atoms with Gasteiger partial charge >= 0.3 is 0 Å². The maximum atomic E-state index is 4.50. The Bertz CT molecular complexity index is 89.2. The molecule has 1 aliphatic rings. The van der Waals surface area contributed by atoms with Gasteiger partial charge in [0.15, 0.2) is 0 Å². The summed E-state index contributed by atoms with van der Waals surface area (Å²) in [7, 11) is 1.50. The predicted molar refractivity (Wildman–Crippen MR) is 56.1 cm³/mol. The molecule has 1 rings (SSSR count). The Hall–Kier alpha value is -0.0400. The molecule has 1 heteroatoms. The van der Waals surface area contributed by atoms with Crippen LogP contribution in [0.5, 0.6) is 0 Å². The van der Waals surface area contributed by atoms with Gasteiger partial charge in [0.1, 0.15) is 0 Å². The highest BCUT2D eigenvalue weighted by molar-refractivity contribution is 4.69. The van der Waals surface area contributed by atoms with Gasteiger partial charge in [-0.1, -0.05) is 33.6 Å². The van der Waals surface area contributed by atoms with E-state index in [0.717, 1.165) is 17.8 Å². The normalized spacial score (nSPS) is 36.2. The van der Waals surface area contributed by atoms with E-state index in [1.807, 2.05) is 0 Å². The molecular weight excluding hydrogens is 146 g/mol. The standard InChI is InChI=1S/C10H20.CH5N/c1-8-4-5-9(2)7-10(3)6-8;1-2/h8-10H,4-7H2,1-3H3;2H2,1H3. The Balaban J connectivity index is 0.000000561. The first-order valence-corrected chi connectivity index (χ1v) is 5.26. The first-order valence-electron chi connectivity index (χ1n) is 5.26. The van der Waals surface area contributed by atoms with E-state index in [4.69, 9.17) is 0 Å². The fraction of sp³-hybridized carbons (Fsp3) is 1.00. The average Bonchev–Trinajstić information content (AvgIpc) is 2.16. The molecule has 0 amide bonds. The van der Waals surface area contributed by atoms with Gasteiger partial charge in [-0.05, 0) is 37.6 Å². The van der Waals surface area contributed by atoms with Crippen molar-refractivity contribution in [3.8, 4) is 0 Å². The van der Waals surface area contributed by atoms with Crippen molar-refractivity contribution in [3.05, 3.63) is 0 Å². The van der Waals surface area contributed by atoms with Crippen LogP contribution in [0.25, 0.3) is 0 Å². The largest absolute Gasteiger partial charge is 0.333 e. The maximum Gasteiger partial charge on any atom is -0.0195 e. The molecule has 12 heavy (non-hydrogen) atoms. The summed E-state index contributed by atoms with van der Waals surface area (Å²) in [6.07, 6.45) is 5.85. The summed E-state index contributed by atoms with van der Waals surface area (Å²) >= 11 is 0. The molecule has 2 N–H and O–H groups in total. The van der Waals surface area contributed by atoms with Gasteiger partial charge in [-0.25, -0.2) is 0 Å². The second-order valence-corrected chi connectivity index (χ2v) is 4.36. The molecule has 0 spiro atoms. The summed E-state index contributed by atoms with van der Waals surface area (Å²) < 4.78 is 0. The first-order chi connectivity index (χ1) is 5.68. The molecule has 1 nitrogen and oxygen atoms in total. The van der Waals surface area contributed by atoms with Crippen LogP contribution in [-0.2, 0) is 0 Å². The van der Waals surface area contributed by atoms with Gasteiger partial charge in [-0.15, -0.1) is 0 Å². The molecule has 0 bridgehead atoms. The van der Waals surface area contributed by atoms with E-state index in [2.05, 4.69) is 26.5 Å². The number of nitrogens with two attached hydrogens (primary N) is 1. The lowest BCUT2D eigenvalue weighted by molar-refractivity contribution is 0.404. The van der Waals surface area contributed by atoms with Crippen LogP contribution in [0.3, 0.4) is 0 Å². The predicted octanol–water partition coefficient (Wildman–Crippen LogP) is 3.04. The molecule has 0 aliphatic heterocycles. The van der Waals surface area contributed by atoms with Crippen LogP contribution in [0.15, 0.2) is 0 Å². The molecule has 0 aromatic rings. The smallest absolute Gasteiger partial charge is 0.0195 e. The topological polar surface area (TPSA) is 26.0 Å². The van der Waals surface area contributed by atoms with Crippen LogP contribution in [0.2, 0.25) is 0 Å². The van der Waals surface area contributed by atoms with Gasteiger partial charge < -0.3 is 5.73 Å². The summed E-state index contributed by atoms with van der Waals surface area (Å²) in [5.41, 5.74) is 4.50. The molecule has 1 aliphatic carbocycles. The van der Waals surface area contributed by atoms with Crippen LogP contribution >= 0.6 is 0 Å². The van der Waals surface area contributed by atoms with Crippen molar-refractivity contribution in [2.45, 2.75) is 46.5 Å². The lowest BCUT2D eigenvalue weighted by Gasteiger charge is -2.11. The van der Waals surface area contributed by atoms with E-state index in [0.29, 0.717) is 0 Å². The first kappa shape index (κ1) is 12.0. The average molecular weight is 171 g/mol. The molecule has 1 fully saturated rings. The fourth-order valence-corrected chi connectivity index (χ4v) is 2.27. The summed E-state index contributed by atoms with van der Waals surface area (Å²) in [5.74, 6) is 2.95. The van der Waals surface area contributed by atoms with Gasteiger partial charge in [0, 0.05) is 0 Å². The zero-order valence-electron chi connectivity index (χ0n) is 9.14. The summed E-state index contributed by atoms with van der Waals surface area (Å²) in [5, 5.41) is 0. The molecule has 2 atom stereocenters. The minimum Gasteiger partial charge on any atom is -0.333 e. The molecule has 0 radical (unpaired) electrons. The quantitative estimate of drug-likeness (QED) is 0.557. The Morgan fingerprint density at radius 3 is 1.42 bits per heavy atom. The van der Waals surface area contributed by atoms with Gasteiger partial charge in [0.25, 0.3) is 0 Å². The molecule has 1 saturated carbocycles. The van der Waals surface area contributed by atoms with Crippen LogP contribution in [0.4, 0.5) is 0 Å². The second kappa shape index (κ2) is 6.47. The summed E-state index contributed by atoms with van der Waals surface area (Å²) in [4.78, 5) is 0. The van der Waals surface area contributed by atoms with E-state index >= 15 is 0 Å². The third kappa shape index (κ3) is 4.76. The van der Waals surface area contributed by atoms with Crippen molar-refractivity contribution >= 4 is 0 Å². The van der Waals surface area contributed by atoms with Crippen LogP contribution in [0.1, 0.15) is 46.5 Å². The molecule has 0 saturated heterocycles. The third-order valence-electron chi connectivity index (χ3n) is 2.76. The maximum absolute atomic E-state index is 4.50. The lowest BCUT2D eigenvalue weighted by Crippen LogP contribution is -1.99. The Labute approximate surface area is 77.7 Å². The Morgan fingerprint density at radius 1 is 0.750 bits per heavy atom. The van der Waals surface area contributed by atoms with E-state index in [9.17, 15) is 0 Å². The van der Waals surface area contributed by atoms with Crippen molar-refractivity contribution in [2.75, 3.05) is 7.05 Å². The van der Waals surface area contributed by atoms with Crippen LogP contribution < -0.4 is 5.73 Å². The minimum atomic E-state index is 0.979. The van der Waals surface area contributed by atoms with E-state index in [1.165, 1.54) is 32.7 Å². The van der Waals surface area contributed by atoms with E-state index < -0.39 is 0 Å². The zero-order chi connectivity index (χ0) is 9.56. The monoisotopic (exact) mass is 171 g/mol. The Morgan fingerprint density at radius 2 is 1.08 bits per heavy atom. The Kier molecular flexibility index (Phi) is 6.45. The van der Waals surface area contributed by atoms with Crippen LogP contribution in [0, 0.1) is 17.8 Å². The summed E-state index contributed by atoms with van der Waals surface area (Å²) in [6, 6.07) is 0. The van der Waals surface area contributed by atoms with Gasteiger partial charge in [-0.2, -0.15) is 0 Å². The molecule has 0 aromatic carbocycles. The number of rotatable bonds is 0. The van der Waals surface area contributed by atoms with Crippen molar-refractivity contribution < 1.29 is 0 Å². The lowest BCUT2D eigenvalue weighted by atomic mass is 9.95. The van der Waals surface area contributed by atoms with Crippen molar-refractivity contribution in [2.24, 2.45) is 23.5 Å². The highest BCUT2D eigenvalue weighted by Gasteiger charge is 2.17. The summed E-state index contributed by atoms with van der Waals surface area (Å²) in [6.45, 7) is 7.20. The van der Waals surface area contributed by atoms with Crippen molar-refractivity contribution in [1.29, 1.82) is 0 Å². The SMILES string of the molecule is CC1CCC(C)CC(C)C1.CN.